The fourth-order valence-electron chi connectivity index (χ4n) is 1.79. The molecule has 1 rings (SSSR count). The number of carbonyl (C=O) groups is 1. The van der Waals surface area contributed by atoms with Crippen LogP contribution in [0.25, 0.3) is 6.08 Å². The molecule has 1 aromatic rings. The van der Waals surface area contributed by atoms with Gasteiger partial charge in [-0.1, -0.05) is 39.2 Å². The minimum atomic E-state index is 0.0124. The summed E-state index contributed by atoms with van der Waals surface area (Å²) in [6, 6.07) is 3.99. The summed E-state index contributed by atoms with van der Waals surface area (Å²) in [6.45, 7) is 5.19. The van der Waals surface area contributed by atoms with Gasteiger partial charge in [0.25, 0.3) is 0 Å². The number of nitrogens with one attached hydrogen (secondary N) is 1. The summed E-state index contributed by atoms with van der Waals surface area (Å²) in [5.41, 5.74) is 0. The second-order valence-corrected chi connectivity index (χ2v) is 5.49. The molecule has 0 spiro atoms. The molecular formula is C15H23NOS. The van der Waals surface area contributed by atoms with E-state index in [1.165, 1.54) is 19.3 Å². The van der Waals surface area contributed by atoms with Crippen molar-refractivity contribution in [3.05, 3.63) is 28.5 Å². The van der Waals surface area contributed by atoms with Crippen molar-refractivity contribution < 1.29 is 4.79 Å². The molecule has 0 aliphatic heterocycles. The lowest BCUT2D eigenvalue weighted by molar-refractivity contribution is -0.116. The van der Waals surface area contributed by atoms with Crippen LogP contribution in [0.2, 0.25) is 0 Å². The number of rotatable bonds is 8. The van der Waals surface area contributed by atoms with E-state index in [0.717, 1.165) is 17.8 Å². The Hall–Kier alpha value is -1.09. The van der Waals surface area contributed by atoms with Crippen LogP contribution in [0.1, 0.15) is 44.4 Å². The van der Waals surface area contributed by atoms with E-state index in [0.29, 0.717) is 5.92 Å². The average molecular weight is 265 g/mol. The van der Waals surface area contributed by atoms with Crippen molar-refractivity contribution in [2.45, 2.75) is 39.5 Å². The van der Waals surface area contributed by atoms with Crippen LogP contribution in [0.15, 0.2) is 23.6 Å². The molecule has 2 nitrogen and oxygen atoms in total. The molecule has 3 heteroatoms. The Morgan fingerprint density at radius 1 is 1.50 bits per heavy atom. The van der Waals surface area contributed by atoms with Crippen LogP contribution < -0.4 is 5.32 Å². The van der Waals surface area contributed by atoms with Gasteiger partial charge in [-0.25, -0.2) is 0 Å². The molecule has 0 radical (unpaired) electrons. The summed E-state index contributed by atoms with van der Waals surface area (Å²) in [5, 5.41) is 4.99. The molecule has 0 aliphatic rings. The first-order chi connectivity index (χ1) is 8.76. The minimum Gasteiger partial charge on any atom is -0.352 e. The van der Waals surface area contributed by atoms with Crippen molar-refractivity contribution in [3.63, 3.8) is 0 Å². The number of unbranched alkanes of at least 4 members (excludes halogenated alkanes) is 1. The molecule has 1 atom stereocenters. The summed E-state index contributed by atoms with van der Waals surface area (Å²) < 4.78 is 0. The molecule has 1 amide bonds. The minimum absolute atomic E-state index is 0.0124. The first-order valence-electron chi connectivity index (χ1n) is 6.75. The third kappa shape index (κ3) is 6.01. The zero-order valence-electron chi connectivity index (χ0n) is 11.3. The van der Waals surface area contributed by atoms with Crippen molar-refractivity contribution in [2.24, 2.45) is 5.92 Å². The van der Waals surface area contributed by atoms with Crippen LogP contribution in [-0.4, -0.2) is 12.5 Å². The lowest BCUT2D eigenvalue weighted by Crippen LogP contribution is -2.27. The molecule has 0 fully saturated rings. The SMILES string of the molecule is CCCCC(CC)CNC(=O)/C=C/c1cccs1. The summed E-state index contributed by atoms with van der Waals surface area (Å²) in [4.78, 5) is 12.8. The van der Waals surface area contributed by atoms with Gasteiger partial charge in [-0.3, -0.25) is 4.79 Å². The van der Waals surface area contributed by atoms with Crippen LogP contribution in [-0.2, 0) is 4.79 Å². The van der Waals surface area contributed by atoms with Gasteiger partial charge in [-0.05, 0) is 29.9 Å². The lowest BCUT2D eigenvalue weighted by atomic mass is 9.99. The Kier molecular flexibility index (Phi) is 7.42. The highest BCUT2D eigenvalue weighted by Crippen LogP contribution is 2.12. The fraction of sp³-hybridized carbons (Fsp3) is 0.533. The van der Waals surface area contributed by atoms with Crippen LogP contribution >= 0.6 is 11.3 Å². The Labute approximate surface area is 114 Å². The maximum Gasteiger partial charge on any atom is 0.244 e. The first-order valence-corrected chi connectivity index (χ1v) is 7.63. The highest BCUT2D eigenvalue weighted by Gasteiger charge is 2.06. The molecule has 1 unspecified atom stereocenters. The van der Waals surface area contributed by atoms with Crippen LogP contribution in [0.4, 0.5) is 0 Å². The maximum absolute atomic E-state index is 11.6. The van der Waals surface area contributed by atoms with E-state index in [-0.39, 0.29) is 5.91 Å². The summed E-state index contributed by atoms with van der Waals surface area (Å²) in [7, 11) is 0. The number of amides is 1. The Balaban J connectivity index is 2.27. The average Bonchev–Trinajstić information content (AvgIpc) is 2.89. The molecule has 1 N–H and O–H groups in total. The van der Waals surface area contributed by atoms with Crippen LogP contribution in [0, 0.1) is 5.92 Å². The Morgan fingerprint density at radius 2 is 2.33 bits per heavy atom. The zero-order chi connectivity index (χ0) is 13.2. The van der Waals surface area contributed by atoms with E-state index in [1.54, 1.807) is 17.4 Å². The highest BCUT2D eigenvalue weighted by molar-refractivity contribution is 7.10. The summed E-state index contributed by atoms with van der Waals surface area (Å²) in [6.07, 6.45) is 8.31. The molecule has 0 aromatic carbocycles. The molecule has 0 bridgehead atoms. The third-order valence-corrected chi connectivity index (χ3v) is 3.89. The highest BCUT2D eigenvalue weighted by atomic mass is 32.1. The van der Waals surface area contributed by atoms with E-state index in [1.807, 2.05) is 23.6 Å². The Bertz CT molecular complexity index is 357. The van der Waals surface area contributed by atoms with Gasteiger partial charge >= 0.3 is 0 Å². The Morgan fingerprint density at radius 3 is 2.94 bits per heavy atom. The quantitative estimate of drug-likeness (QED) is 0.705. The summed E-state index contributed by atoms with van der Waals surface area (Å²) in [5.74, 6) is 0.627. The summed E-state index contributed by atoms with van der Waals surface area (Å²) >= 11 is 1.64. The van der Waals surface area contributed by atoms with Crippen molar-refractivity contribution in [1.29, 1.82) is 0 Å². The van der Waals surface area contributed by atoms with E-state index < -0.39 is 0 Å². The molecule has 0 aliphatic carbocycles. The van der Waals surface area contributed by atoms with E-state index in [9.17, 15) is 4.79 Å². The standard InChI is InChI=1S/C15H23NOS/c1-3-5-7-13(4-2)12-16-15(17)10-9-14-8-6-11-18-14/h6,8-11,13H,3-5,7,12H2,1-2H3,(H,16,17)/b10-9+. The number of hydrogen-bond donors (Lipinski definition) is 1. The number of hydrogen-bond acceptors (Lipinski definition) is 2. The van der Waals surface area contributed by atoms with Crippen molar-refractivity contribution in [2.75, 3.05) is 6.54 Å². The predicted octanol–water partition coefficient (Wildman–Crippen LogP) is 4.09. The van der Waals surface area contributed by atoms with Crippen molar-refractivity contribution in [1.82, 2.24) is 5.32 Å². The molecule has 18 heavy (non-hydrogen) atoms. The monoisotopic (exact) mass is 265 g/mol. The molecule has 100 valence electrons. The smallest absolute Gasteiger partial charge is 0.244 e. The molecular weight excluding hydrogens is 242 g/mol. The maximum atomic E-state index is 11.6. The first kappa shape index (κ1) is 15.0. The van der Waals surface area contributed by atoms with Crippen molar-refractivity contribution in [3.8, 4) is 0 Å². The topological polar surface area (TPSA) is 29.1 Å². The van der Waals surface area contributed by atoms with Gasteiger partial charge in [-0.15, -0.1) is 11.3 Å². The molecule has 0 saturated carbocycles. The van der Waals surface area contributed by atoms with Gasteiger partial charge in [0.1, 0.15) is 0 Å². The molecule has 0 saturated heterocycles. The molecule has 1 aromatic heterocycles. The predicted molar refractivity (Wildman–Crippen MR) is 79.7 cm³/mol. The zero-order valence-corrected chi connectivity index (χ0v) is 12.1. The molecule has 1 heterocycles. The van der Waals surface area contributed by atoms with E-state index >= 15 is 0 Å². The van der Waals surface area contributed by atoms with E-state index in [2.05, 4.69) is 19.2 Å². The largest absolute Gasteiger partial charge is 0.352 e. The van der Waals surface area contributed by atoms with Gasteiger partial charge in [0.15, 0.2) is 0 Å². The van der Waals surface area contributed by atoms with Gasteiger partial charge in [0.05, 0.1) is 0 Å². The van der Waals surface area contributed by atoms with Gasteiger partial charge in [-0.2, -0.15) is 0 Å². The van der Waals surface area contributed by atoms with Gasteiger partial charge < -0.3 is 5.32 Å². The normalized spacial score (nSPS) is 12.8. The number of thiophene rings is 1. The van der Waals surface area contributed by atoms with Gasteiger partial charge in [0, 0.05) is 17.5 Å². The second kappa shape index (κ2) is 8.92. The fourth-order valence-corrected chi connectivity index (χ4v) is 2.41. The lowest BCUT2D eigenvalue weighted by Gasteiger charge is -2.14. The van der Waals surface area contributed by atoms with Crippen LogP contribution in [0.3, 0.4) is 0 Å². The van der Waals surface area contributed by atoms with Crippen LogP contribution in [0.5, 0.6) is 0 Å². The van der Waals surface area contributed by atoms with Gasteiger partial charge in [0.2, 0.25) is 5.91 Å². The number of carbonyl (C=O) groups excluding carboxylic acids is 1. The van der Waals surface area contributed by atoms with E-state index in [4.69, 9.17) is 0 Å². The second-order valence-electron chi connectivity index (χ2n) is 4.51. The third-order valence-electron chi connectivity index (χ3n) is 3.05. The van der Waals surface area contributed by atoms with Crippen molar-refractivity contribution >= 4 is 23.3 Å².